The van der Waals surface area contributed by atoms with E-state index in [2.05, 4.69) is 0 Å². The molecular formula is C23H17F3N2O6S2. The highest BCUT2D eigenvalue weighted by Crippen LogP contribution is 2.54. The molecule has 1 saturated heterocycles. The van der Waals surface area contributed by atoms with Gasteiger partial charge in [0, 0.05) is 0 Å². The number of amides is 2. The van der Waals surface area contributed by atoms with E-state index in [0.717, 1.165) is 35.2 Å². The first-order valence-electron chi connectivity index (χ1n) is 10.8. The summed E-state index contributed by atoms with van der Waals surface area (Å²) in [4.78, 5) is 52.6. The van der Waals surface area contributed by atoms with E-state index < -0.39 is 63.7 Å². The maximum absolute atomic E-state index is 13.7. The van der Waals surface area contributed by atoms with Crippen LogP contribution in [0.2, 0.25) is 0 Å². The van der Waals surface area contributed by atoms with Crippen LogP contribution < -0.4 is 9.77 Å². The number of para-hydroxylation sites is 1. The Morgan fingerprint density at radius 1 is 1.11 bits per heavy atom. The summed E-state index contributed by atoms with van der Waals surface area (Å²) >= 11 is 1.69. The number of imide groups is 1. The predicted octanol–water partition coefficient (Wildman–Crippen LogP) is 3.88. The van der Waals surface area contributed by atoms with E-state index in [1.807, 2.05) is 0 Å². The number of halogens is 3. The number of fused-ring (bicyclic) bond motifs is 2. The van der Waals surface area contributed by atoms with Crippen LogP contribution in [0.3, 0.4) is 0 Å². The van der Waals surface area contributed by atoms with E-state index in [-0.39, 0.29) is 17.4 Å². The molecule has 188 valence electrons. The van der Waals surface area contributed by atoms with Gasteiger partial charge in [0.1, 0.15) is 17.6 Å². The summed E-state index contributed by atoms with van der Waals surface area (Å²) in [5.41, 5.74) is -1.67. The van der Waals surface area contributed by atoms with Crippen molar-refractivity contribution in [1.29, 1.82) is 0 Å². The Labute approximate surface area is 209 Å². The highest BCUT2D eigenvalue weighted by Gasteiger charge is 2.58. The molecule has 13 heteroatoms. The van der Waals surface area contributed by atoms with Crippen LogP contribution in [0.25, 0.3) is 0 Å². The monoisotopic (exact) mass is 538 g/mol. The van der Waals surface area contributed by atoms with Gasteiger partial charge in [0.15, 0.2) is 0 Å². The number of thiazole rings is 1. The zero-order valence-corrected chi connectivity index (χ0v) is 20.1. The van der Waals surface area contributed by atoms with Crippen LogP contribution in [0.1, 0.15) is 29.0 Å². The third kappa shape index (κ3) is 3.86. The SMILES string of the molecule is CCOC(=O)Cn1c2c(sc1=O)[C@@H](c1ccco1)[C@@H]1C(=O)N(c3ccccc3C(F)(F)F)C(=O)[C@@H]1S2. The lowest BCUT2D eigenvalue weighted by molar-refractivity contribution is -0.144. The topological polar surface area (TPSA) is 98.8 Å². The lowest BCUT2D eigenvalue weighted by Crippen LogP contribution is -2.33. The van der Waals surface area contributed by atoms with Crippen molar-refractivity contribution in [3.8, 4) is 0 Å². The minimum absolute atomic E-state index is 0.104. The van der Waals surface area contributed by atoms with Gasteiger partial charge >= 0.3 is 17.0 Å². The number of carbonyl (C=O) groups is 3. The Bertz CT molecular complexity index is 1410. The molecule has 5 rings (SSSR count). The quantitative estimate of drug-likeness (QED) is 0.359. The summed E-state index contributed by atoms with van der Waals surface area (Å²) in [5, 5.41) is -0.850. The van der Waals surface area contributed by atoms with E-state index in [1.54, 1.807) is 19.1 Å². The first-order chi connectivity index (χ1) is 17.1. The normalized spacial score (nSPS) is 21.4. The predicted molar refractivity (Wildman–Crippen MR) is 123 cm³/mol. The Balaban J connectivity index is 1.64. The van der Waals surface area contributed by atoms with Crippen molar-refractivity contribution in [1.82, 2.24) is 4.57 Å². The maximum atomic E-state index is 13.7. The van der Waals surface area contributed by atoms with Crippen molar-refractivity contribution < 1.29 is 36.7 Å². The standard InChI is InChI=1S/C23H17F3N2O6S2/c1-2-33-14(29)10-27-21-18(36-22(27)32)15(13-8-5-9-34-13)16-17(35-21)20(31)28(19(16)30)12-7-4-3-6-11(12)23(24,25)26/h3-9,15-17H,2,10H2,1H3/t15-,16-,17+/m0/s1. The molecule has 0 saturated carbocycles. The molecule has 3 atom stereocenters. The van der Waals surface area contributed by atoms with E-state index in [4.69, 9.17) is 9.15 Å². The van der Waals surface area contributed by atoms with Crippen molar-refractivity contribution in [3.63, 3.8) is 0 Å². The average Bonchev–Trinajstić information content (AvgIpc) is 3.51. The number of benzene rings is 1. The summed E-state index contributed by atoms with van der Waals surface area (Å²) in [6, 6.07) is 7.53. The van der Waals surface area contributed by atoms with Gasteiger partial charge in [0.25, 0.3) is 0 Å². The minimum Gasteiger partial charge on any atom is -0.469 e. The van der Waals surface area contributed by atoms with Gasteiger partial charge in [0.2, 0.25) is 11.8 Å². The van der Waals surface area contributed by atoms with Crippen LogP contribution in [0.4, 0.5) is 18.9 Å². The molecule has 2 aliphatic rings. The number of ether oxygens (including phenoxy) is 1. The molecule has 36 heavy (non-hydrogen) atoms. The number of alkyl halides is 3. The van der Waals surface area contributed by atoms with Gasteiger partial charge in [-0.3, -0.25) is 23.7 Å². The molecule has 0 unspecified atom stereocenters. The van der Waals surface area contributed by atoms with Gasteiger partial charge in [-0.25, -0.2) is 4.90 Å². The maximum Gasteiger partial charge on any atom is 0.418 e. The molecule has 2 aromatic heterocycles. The van der Waals surface area contributed by atoms with E-state index in [1.165, 1.54) is 23.0 Å². The third-order valence-corrected chi connectivity index (χ3v) is 8.55. The molecule has 4 heterocycles. The summed E-state index contributed by atoms with van der Waals surface area (Å²) in [5.74, 6) is -4.05. The molecule has 0 radical (unpaired) electrons. The number of anilines is 1. The van der Waals surface area contributed by atoms with Gasteiger partial charge < -0.3 is 9.15 Å². The molecule has 1 fully saturated rings. The van der Waals surface area contributed by atoms with Gasteiger partial charge in [-0.2, -0.15) is 13.2 Å². The Kier molecular flexibility index (Phi) is 6.07. The number of aromatic nitrogens is 1. The van der Waals surface area contributed by atoms with Crippen LogP contribution >= 0.6 is 23.1 Å². The van der Waals surface area contributed by atoms with Crippen LogP contribution in [-0.4, -0.2) is 34.2 Å². The second-order valence-corrected chi connectivity index (χ2v) is 10.1. The van der Waals surface area contributed by atoms with Crippen molar-refractivity contribution >= 4 is 46.6 Å². The van der Waals surface area contributed by atoms with Gasteiger partial charge in [-0.05, 0) is 31.2 Å². The molecular weight excluding hydrogens is 521 g/mol. The zero-order chi connectivity index (χ0) is 25.8. The second-order valence-electron chi connectivity index (χ2n) is 8.01. The molecule has 8 nitrogen and oxygen atoms in total. The minimum atomic E-state index is -4.79. The summed E-state index contributed by atoms with van der Waals surface area (Å²) in [6.07, 6.45) is -3.43. The van der Waals surface area contributed by atoms with E-state index >= 15 is 0 Å². The van der Waals surface area contributed by atoms with Crippen molar-refractivity contribution in [2.45, 2.75) is 35.8 Å². The highest BCUT2D eigenvalue weighted by molar-refractivity contribution is 8.00. The average molecular weight is 539 g/mol. The van der Waals surface area contributed by atoms with Crippen molar-refractivity contribution in [3.05, 3.63) is 68.5 Å². The van der Waals surface area contributed by atoms with Crippen LogP contribution in [0, 0.1) is 5.92 Å². The number of furan rings is 1. The number of rotatable bonds is 5. The molecule has 3 aromatic rings. The highest BCUT2D eigenvalue weighted by atomic mass is 32.2. The Hall–Kier alpha value is -3.32. The second kappa shape index (κ2) is 8.96. The van der Waals surface area contributed by atoms with Gasteiger partial charge in [0.05, 0.1) is 45.9 Å². The molecule has 0 bridgehead atoms. The number of hydrogen-bond acceptors (Lipinski definition) is 8. The number of nitrogens with zero attached hydrogens (tertiary/aromatic N) is 2. The smallest absolute Gasteiger partial charge is 0.418 e. The molecule has 0 N–H and O–H groups in total. The van der Waals surface area contributed by atoms with E-state index in [0.29, 0.717) is 9.78 Å². The largest absolute Gasteiger partial charge is 0.469 e. The molecule has 2 amide bonds. The Morgan fingerprint density at radius 2 is 1.86 bits per heavy atom. The molecule has 0 spiro atoms. The fourth-order valence-electron chi connectivity index (χ4n) is 4.51. The van der Waals surface area contributed by atoms with Gasteiger partial charge in [-0.15, -0.1) is 0 Å². The fraction of sp³-hybridized carbons (Fsp3) is 0.304. The first kappa shape index (κ1) is 24.4. The van der Waals surface area contributed by atoms with Crippen LogP contribution in [0.5, 0.6) is 0 Å². The number of esters is 1. The molecule has 1 aromatic carbocycles. The number of thioether (sulfide) groups is 1. The molecule has 0 aliphatic carbocycles. The van der Waals surface area contributed by atoms with Crippen molar-refractivity contribution in [2.75, 3.05) is 11.5 Å². The Morgan fingerprint density at radius 3 is 2.53 bits per heavy atom. The van der Waals surface area contributed by atoms with Crippen molar-refractivity contribution in [2.24, 2.45) is 5.92 Å². The summed E-state index contributed by atoms with van der Waals surface area (Å²) < 4.78 is 52.8. The van der Waals surface area contributed by atoms with Crippen LogP contribution in [0.15, 0.2) is 56.9 Å². The van der Waals surface area contributed by atoms with Gasteiger partial charge in [-0.1, -0.05) is 35.2 Å². The summed E-state index contributed by atoms with van der Waals surface area (Å²) in [7, 11) is 0. The summed E-state index contributed by atoms with van der Waals surface area (Å²) in [6.45, 7) is 1.32. The lowest BCUT2D eigenvalue weighted by atomic mass is 9.86. The fourth-order valence-corrected chi connectivity index (χ4v) is 7.26. The van der Waals surface area contributed by atoms with Crippen LogP contribution in [-0.2, 0) is 31.8 Å². The first-order valence-corrected chi connectivity index (χ1v) is 12.5. The molecule has 2 aliphatic heterocycles. The third-order valence-electron chi connectivity index (χ3n) is 5.94. The van der Waals surface area contributed by atoms with E-state index in [9.17, 15) is 32.3 Å². The zero-order valence-electron chi connectivity index (χ0n) is 18.5. The number of carbonyl (C=O) groups excluding carboxylic acids is 3. The lowest BCUT2D eigenvalue weighted by Gasteiger charge is -2.28. The number of hydrogen-bond donors (Lipinski definition) is 0.